The molecule has 5 aromatic rings. The van der Waals surface area contributed by atoms with Gasteiger partial charge in [-0.1, -0.05) is 32.9 Å². The first-order valence-corrected chi connectivity index (χ1v) is 12.8. The zero-order valence-corrected chi connectivity index (χ0v) is 22.7. The number of rotatable bonds is 4. The van der Waals surface area contributed by atoms with Gasteiger partial charge < -0.3 is 5.73 Å². The number of aryl methyl sites for hydroxylation is 1. The number of aromatic amines is 1. The molecule has 0 fully saturated rings. The second-order valence-electron chi connectivity index (χ2n) is 10.8. The SMILES string of the molecule is CC(N)=Nc1n[nH]c(C)c1/C=c1/c(C(C)(C)C)nn2nc(-c3ccc(N4C(=O)c5ccccc5C4=O)cc3)nc12. The number of nitrogens with one attached hydrogen (secondary N) is 1. The lowest BCUT2D eigenvalue weighted by molar-refractivity contribution is 0.0926. The summed E-state index contributed by atoms with van der Waals surface area (Å²) >= 11 is 0. The Labute approximate surface area is 229 Å². The number of imide groups is 1. The van der Waals surface area contributed by atoms with E-state index in [2.05, 4.69) is 41.1 Å². The van der Waals surface area contributed by atoms with Gasteiger partial charge in [0.05, 0.1) is 28.3 Å². The fourth-order valence-corrected chi connectivity index (χ4v) is 4.78. The maximum atomic E-state index is 12.9. The molecule has 0 atom stereocenters. The predicted molar refractivity (Wildman–Crippen MR) is 152 cm³/mol. The van der Waals surface area contributed by atoms with Gasteiger partial charge in [-0.3, -0.25) is 14.7 Å². The summed E-state index contributed by atoms with van der Waals surface area (Å²) in [6.45, 7) is 9.86. The van der Waals surface area contributed by atoms with Gasteiger partial charge in [0.25, 0.3) is 11.8 Å². The van der Waals surface area contributed by atoms with Gasteiger partial charge in [0.2, 0.25) is 0 Å². The molecule has 0 unspecified atom stereocenters. The maximum Gasteiger partial charge on any atom is 0.266 e. The average Bonchev–Trinajstić information content (AvgIpc) is 3.63. The molecule has 6 rings (SSSR count). The quantitative estimate of drug-likeness (QED) is 0.204. The van der Waals surface area contributed by atoms with Gasteiger partial charge in [0.1, 0.15) is 0 Å². The number of carbonyl (C=O) groups is 2. The second kappa shape index (κ2) is 8.94. The van der Waals surface area contributed by atoms with Crippen molar-refractivity contribution in [3.8, 4) is 11.4 Å². The van der Waals surface area contributed by atoms with Gasteiger partial charge >= 0.3 is 0 Å². The van der Waals surface area contributed by atoms with Crippen LogP contribution in [-0.2, 0) is 5.41 Å². The van der Waals surface area contributed by atoms with Crippen LogP contribution in [0.1, 0.15) is 65.4 Å². The van der Waals surface area contributed by atoms with E-state index in [9.17, 15) is 9.59 Å². The molecule has 3 N–H and O–H groups in total. The fourth-order valence-electron chi connectivity index (χ4n) is 4.78. The zero-order valence-electron chi connectivity index (χ0n) is 22.7. The Morgan fingerprint density at radius 1 is 1.00 bits per heavy atom. The van der Waals surface area contributed by atoms with Crippen LogP contribution in [0.15, 0.2) is 53.5 Å². The van der Waals surface area contributed by atoms with Crippen LogP contribution in [-0.4, -0.2) is 47.7 Å². The van der Waals surface area contributed by atoms with Gasteiger partial charge in [0.15, 0.2) is 17.3 Å². The van der Waals surface area contributed by atoms with E-state index in [0.29, 0.717) is 39.9 Å². The van der Waals surface area contributed by atoms with Crippen LogP contribution in [0.2, 0.25) is 0 Å². The molecule has 0 saturated heterocycles. The van der Waals surface area contributed by atoms with E-state index >= 15 is 0 Å². The number of amides is 2. The molecule has 40 heavy (non-hydrogen) atoms. The highest BCUT2D eigenvalue weighted by molar-refractivity contribution is 6.34. The van der Waals surface area contributed by atoms with Crippen LogP contribution >= 0.6 is 0 Å². The first-order chi connectivity index (χ1) is 19.0. The highest BCUT2D eigenvalue weighted by Gasteiger charge is 2.36. The molecule has 2 amide bonds. The van der Waals surface area contributed by atoms with E-state index in [-0.39, 0.29) is 17.2 Å². The number of H-pyrrole nitrogens is 1. The summed E-state index contributed by atoms with van der Waals surface area (Å²) in [7, 11) is 0. The van der Waals surface area contributed by atoms with E-state index < -0.39 is 0 Å². The van der Waals surface area contributed by atoms with Crippen LogP contribution in [0.5, 0.6) is 0 Å². The summed E-state index contributed by atoms with van der Waals surface area (Å²) in [5.41, 5.74) is 10.6. The van der Waals surface area contributed by atoms with Crippen molar-refractivity contribution >= 4 is 40.9 Å². The summed E-state index contributed by atoms with van der Waals surface area (Å²) in [5.74, 6) is 0.674. The number of anilines is 1. The van der Waals surface area contributed by atoms with E-state index in [1.54, 1.807) is 55.5 Å². The lowest BCUT2D eigenvalue weighted by Crippen LogP contribution is -2.29. The minimum atomic E-state index is -0.339. The Morgan fingerprint density at radius 3 is 2.25 bits per heavy atom. The number of hydrogen-bond acceptors (Lipinski definition) is 7. The third kappa shape index (κ3) is 4.03. The van der Waals surface area contributed by atoms with Gasteiger partial charge in [-0.25, -0.2) is 14.9 Å². The van der Waals surface area contributed by atoms with Crippen molar-refractivity contribution in [2.45, 2.75) is 40.0 Å². The molecule has 11 heteroatoms. The summed E-state index contributed by atoms with van der Waals surface area (Å²) in [4.78, 5) is 36.1. The summed E-state index contributed by atoms with van der Waals surface area (Å²) in [6.07, 6.45) is 1.97. The molecule has 2 aromatic carbocycles. The molecule has 0 aliphatic carbocycles. The molecule has 0 spiro atoms. The maximum absolute atomic E-state index is 12.9. The molecular formula is C29H27N9O2. The minimum absolute atomic E-state index is 0.284. The van der Waals surface area contributed by atoms with Gasteiger partial charge in [-0.05, 0) is 56.3 Å². The van der Waals surface area contributed by atoms with Crippen molar-refractivity contribution < 1.29 is 9.59 Å². The number of benzene rings is 2. The Bertz CT molecular complexity index is 1870. The Kier molecular flexibility index (Phi) is 5.61. The van der Waals surface area contributed by atoms with Gasteiger partial charge in [-0.2, -0.15) is 10.2 Å². The number of carbonyl (C=O) groups excluding carboxylic acids is 2. The lowest BCUT2D eigenvalue weighted by Gasteiger charge is -2.14. The normalized spacial score (nSPS) is 14.6. The number of aromatic nitrogens is 6. The Balaban J connectivity index is 1.42. The van der Waals surface area contributed by atoms with Crippen molar-refractivity contribution in [1.82, 2.24) is 30.0 Å². The number of hydrogen-bond donors (Lipinski definition) is 2. The van der Waals surface area contributed by atoms with Crippen molar-refractivity contribution in [1.29, 1.82) is 0 Å². The van der Waals surface area contributed by atoms with E-state index in [1.807, 2.05) is 13.0 Å². The molecular weight excluding hydrogens is 506 g/mol. The summed E-state index contributed by atoms with van der Waals surface area (Å²) in [6, 6.07) is 13.8. The number of amidine groups is 1. The third-order valence-electron chi connectivity index (χ3n) is 6.71. The monoisotopic (exact) mass is 533 g/mol. The topological polar surface area (TPSA) is 148 Å². The van der Waals surface area contributed by atoms with Gasteiger partial charge in [-0.15, -0.1) is 9.73 Å². The molecule has 11 nitrogen and oxygen atoms in total. The highest BCUT2D eigenvalue weighted by atomic mass is 16.2. The van der Waals surface area contributed by atoms with Crippen molar-refractivity contribution in [3.05, 3.63) is 81.8 Å². The number of nitrogens with two attached hydrogens (primary N) is 1. The molecule has 1 aliphatic heterocycles. The largest absolute Gasteiger partial charge is 0.387 e. The van der Waals surface area contributed by atoms with Gasteiger partial charge in [0, 0.05) is 27.5 Å². The Hall–Kier alpha value is -5.19. The van der Waals surface area contributed by atoms with Crippen LogP contribution < -0.4 is 15.9 Å². The Morgan fingerprint density at radius 2 is 1.65 bits per heavy atom. The molecule has 1 aliphatic rings. The van der Waals surface area contributed by atoms with Crippen LogP contribution in [0.3, 0.4) is 0 Å². The standard InChI is InChI=1S/C29H27N9O2/c1-15-21(25(34-33-15)31-16(2)30)14-22-23(29(3,4)5)35-38-26(22)32-24(36-38)17-10-12-18(13-11-17)37-27(39)19-8-6-7-9-20(19)28(37)40/h6-14H,1-5H3,(H3,30,31,33,34)/b22-14-. The molecule has 0 saturated carbocycles. The van der Waals surface area contributed by atoms with E-state index in [1.165, 1.54) is 9.53 Å². The first kappa shape index (κ1) is 25.1. The minimum Gasteiger partial charge on any atom is -0.387 e. The van der Waals surface area contributed by atoms with Crippen LogP contribution in [0.4, 0.5) is 11.5 Å². The lowest BCUT2D eigenvalue weighted by atomic mass is 9.91. The second-order valence-corrected chi connectivity index (χ2v) is 10.8. The third-order valence-corrected chi connectivity index (χ3v) is 6.71. The number of aliphatic imine (C=N–C) groups is 1. The van der Waals surface area contributed by atoms with E-state index in [0.717, 1.165) is 27.7 Å². The molecule has 200 valence electrons. The van der Waals surface area contributed by atoms with Crippen LogP contribution in [0.25, 0.3) is 23.1 Å². The van der Waals surface area contributed by atoms with Crippen molar-refractivity contribution in [2.24, 2.45) is 10.7 Å². The predicted octanol–water partition coefficient (Wildman–Crippen LogP) is 3.48. The van der Waals surface area contributed by atoms with Crippen molar-refractivity contribution in [3.63, 3.8) is 0 Å². The fraction of sp³-hybridized carbons (Fsp3) is 0.207. The molecule has 0 radical (unpaired) electrons. The average molecular weight is 534 g/mol. The molecule has 0 bridgehead atoms. The van der Waals surface area contributed by atoms with E-state index in [4.69, 9.17) is 15.8 Å². The number of nitrogens with zero attached hydrogens (tertiary/aromatic N) is 7. The first-order valence-electron chi connectivity index (χ1n) is 12.8. The highest BCUT2D eigenvalue weighted by Crippen LogP contribution is 2.30. The number of fused-ring (bicyclic) bond motifs is 2. The summed E-state index contributed by atoms with van der Waals surface area (Å²) in [5, 5.41) is 17.5. The summed E-state index contributed by atoms with van der Waals surface area (Å²) < 4.78 is 1.53. The van der Waals surface area contributed by atoms with Crippen LogP contribution in [0, 0.1) is 6.92 Å². The molecule has 3 aromatic heterocycles. The zero-order chi connectivity index (χ0) is 28.3. The smallest absolute Gasteiger partial charge is 0.266 e. The van der Waals surface area contributed by atoms with Crippen molar-refractivity contribution in [2.75, 3.05) is 4.90 Å². The molecule has 4 heterocycles.